The number of imide groups is 1. The van der Waals surface area contributed by atoms with Crippen LogP contribution in [0.15, 0.2) is 101 Å². The van der Waals surface area contributed by atoms with E-state index in [1.807, 2.05) is 54.6 Å². The lowest BCUT2D eigenvalue weighted by Crippen LogP contribution is -2.42. The summed E-state index contributed by atoms with van der Waals surface area (Å²) in [6, 6.07) is 25.3. The van der Waals surface area contributed by atoms with Crippen LogP contribution in [0.4, 0.5) is 24.5 Å². The van der Waals surface area contributed by atoms with Gasteiger partial charge in [-0.25, -0.2) is 0 Å². The largest absolute Gasteiger partial charge is 0.484 e. The van der Waals surface area contributed by atoms with Crippen molar-refractivity contribution in [2.45, 2.75) is 28.8 Å². The van der Waals surface area contributed by atoms with E-state index in [0.29, 0.717) is 17.9 Å². The van der Waals surface area contributed by atoms with E-state index in [2.05, 4.69) is 10.3 Å². The molecule has 3 amide bonds. The fraction of sp³-hybridized carbons (Fsp3) is 0.263. The Balaban J connectivity index is 0.958. The maximum Gasteiger partial charge on any atom is 0.416 e. The Hall–Kier alpha value is -4.88. The molecule has 4 aliphatic rings. The van der Waals surface area contributed by atoms with Crippen LogP contribution in [0.3, 0.4) is 0 Å². The molecule has 13 heteroatoms. The Labute approximate surface area is 297 Å². The SMILES string of the molecule is O=C(COc1ccc([C@H]2c3sc(=O)[nH]c3SC3C4CC(C5C(=O)N(c6cccc(C(F)(F)F)c6)C(=O)C45)C32)cc1)Nc1ccc2ccccc2c1. The number of halogens is 3. The second kappa shape index (κ2) is 11.8. The summed E-state index contributed by atoms with van der Waals surface area (Å²) in [5.41, 5.74) is 0.588. The summed E-state index contributed by atoms with van der Waals surface area (Å²) >= 11 is 2.67. The first-order valence-electron chi connectivity index (χ1n) is 16.5. The smallest absolute Gasteiger partial charge is 0.416 e. The van der Waals surface area contributed by atoms with E-state index in [-0.39, 0.29) is 52.0 Å². The first kappa shape index (κ1) is 32.1. The zero-order valence-electron chi connectivity index (χ0n) is 26.6. The summed E-state index contributed by atoms with van der Waals surface area (Å²) in [5.74, 6) is -2.73. The average molecular weight is 728 g/mol. The molecule has 2 N–H and O–H groups in total. The minimum atomic E-state index is -4.62. The van der Waals surface area contributed by atoms with Crippen molar-refractivity contribution < 1.29 is 32.3 Å². The molecule has 4 aromatic carbocycles. The molecule has 2 aliphatic heterocycles. The Morgan fingerprint density at radius 3 is 2.39 bits per heavy atom. The number of rotatable bonds is 6. The molecule has 8 nitrogen and oxygen atoms in total. The second-order valence-electron chi connectivity index (χ2n) is 13.5. The average Bonchev–Trinajstić information content (AvgIpc) is 3.86. The summed E-state index contributed by atoms with van der Waals surface area (Å²) in [5, 5.41) is 5.61. The van der Waals surface area contributed by atoms with Crippen LogP contribution >= 0.6 is 23.1 Å². The molecular formula is C38H28F3N3O5S2. The zero-order chi connectivity index (χ0) is 35.2. The van der Waals surface area contributed by atoms with E-state index < -0.39 is 35.4 Å². The second-order valence-corrected chi connectivity index (χ2v) is 15.7. The molecule has 0 radical (unpaired) electrons. The lowest BCUT2D eigenvalue weighted by Gasteiger charge is -2.43. The van der Waals surface area contributed by atoms with Gasteiger partial charge in [-0.2, -0.15) is 13.2 Å². The van der Waals surface area contributed by atoms with Gasteiger partial charge in [0.15, 0.2) is 6.61 Å². The number of aromatic nitrogens is 1. The van der Waals surface area contributed by atoms with Crippen molar-refractivity contribution in [3.63, 3.8) is 0 Å². The van der Waals surface area contributed by atoms with Crippen molar-refractivity contribution in [3.8, 4) is 5.75 Å². The number of ether oxygens (including phenoxy) is 1. The maximum atomic E-state index is 14.0. The fourth-order valence-corrected chi connectivity index (χ4v) is 11.7. The zero-order valence-corrected chi connectivity index (χ0v) is 28.2. The Morgan fingerprint density at radius 2 is 1.63 bits per heavy atom. The number of carbonyl (C=O) groups excluding carboxylic acids is 3. The Bertz CT molecular complexity index is 2300. The van der Waals surface area contributed by atoms with Gasteiger partial charge in [0.1, 0.15) is 5.75 Å². The normalized spacial score (nSPS) is 26.3. The molecule has 5 aromatic rings. The van der Waals surface area contributed by atoms with E-state index in [0.717, 1.165) is 54.6 Å². The third-order valence-electron chi connectivity index (χ3n) is 10.8. The highest BCUT2D eigenvalue weighted by atomic mass is 32.2. The van der Waals surface area contributed by atoms with E-state index >= 15 is 0 Å². The molecule has 3 heterocycles. The quantitative estimate of drug-likeness (QED) is 0.178. The van der Waals surface area contributed by atoms with Crippen molar-refractivity contribution in [1.29, 1.82) is 0 Å². The number of alkyl halides is 3. The first-order valence-corrected chi connectivity index (χ1v) is 18.2. The number of fused-ring (bicyclic) bond motifs is 10. The number of anilines is 2. The van der Waals surface area contributed by atoms with Gasteiger partial charge in [-0.3, -0.25) is 24.1 Å². The van der Waals surface area contributed by atoms with Gasteiger partial charge >= 0.3 is 11.0 Å². The van der Waals surface area contributed by atoms with Gasteiger partial charge in [-0.1, -0.05) is 59.9 Å². The van der Waals surface area contributed by atoms with Crippen molar-refractivity contribution in [2.75, 3.05) is 16.8 Å². The van der Waals surface area contributed by atoms with E-state index in [1.165, 1.54) is 23.9 Å². The van der Waals surface area contributed by atoms with Crippen molar-refractivity contribution >= 4 is 63.0 Å². The molecule has 1 saturated heterocycles. The number of thiazole rings is 1. The molecule has 2 saturated carbocycles. The van der Waals surface area contributed by atoms with Crippen LogP contribution in [0.25, 0.3) is 10.8 Å². The summed E-state index contributed by atoms with van der Waals surface area (Å²) in [7, 11) is 0. The van der Waals surface area contributed by atoms with Crippen LogP contribution < -0.4 is 19.8 Å². The maximum absolute atomic E-state index is 14.0. The predicted octanol–water partition coefficient (Wildman–Crippen LogP) is 7.30. The van der Waals surface area contributed by atoms with Crippen molar-refractivity contribution in [1.82, 2.24) is 4.98 Å². The van der Waals surface area contributed by atoms with E-state index in [4.69, 9.17) is 4.74 Å². The van der Waals surface area contributed by atoms with Gasteiger partial charge in [-0.15, -0.1) is 11.8 Å². The third-order valence-corrected chi connectivity index (χ3v) is 13.4. The van der Waals surface area contributed by atoms with Gasteiger partial charge in [0, 0.05) is 21.7 Å². The summed E-state index contributed by atoms with van der Waals surface area (Å²) in [4.78, 5) is 57.8. The summed E-state index contributed by atoms with van der Waals surface area (Å²) in [6.45, 7) is -0.203. The summed E-state index contributed by atoms with van der Waals surface area (Å²) in [6.07, 6.45) is -3.97. The third kappa shape index (κ3) is 5.27. The molecule has 1 aromatic heterocycles. The Kier molecular flexibility index (Phi) is 7.44. The lowest BCUT2D eigenvalue weighted by atomic mass is 9.68. The van der Waals surface area contributed by atoms with Crippen LogP contribution in [0.1, 0.15) is 28.3 Å². The minimum Gasteiger partial charge on any atom is -0.484 e. The standard InChI is InChI=1S/C38H28F3N3O5S2/c39-38(40,41)21-6-3-7-23(15-21)44-35(46)30-25-16-26(31(30)36(44)47)32-29(25)28(33-34(50-32)43-37(48)51-33)19-9-12-24(13-10-19)49-17-27(45)42-22-11-8-18-4-1-2-5-20(18)14-22/h1-15,25-26,28-32H,16-17H2,(H,42,45)(H,43,48)/t25?,26?,28-,29?,30?,31?,32?/m1/s1. The number of hydrogen-bond donors (Lipinski definition) is 2. The predicted molar refractivity (Wildman–Crippen MR) is 187 cm³/mol. The molecule has 9 rings (SSSR count). The molecule has 7 atom stereocenters. The van der Waals surface area contributed by atoms with E-state index in [1.54, 1.807) is 12.1 Å². The number of aromatic amines is 1. The topological polar surface area (TPSA) is 109 Å². The molecule has 2 bridgehead atoms. The van der Waals surface area contributed by atoms with Crippen LogP contribution in [0.5, 0.6) is 5.75 Å². The van der Waals surface area contributed by atoms with Gasteiger partial charge in [0.25, 0.3) is 5.91 Å². The van der Waals surface area contributed by atoms with Crippen LogP contribution in [0.2, 0.25) is 0 Å². The number of nitrogens with zero attached hydrogens (tertiary/aromatic N) is 1. The number of thioether (sulfide) groups is 1. The van der Waals surface area contributed by atoms with Gasteiger partial charge < -0.3 is 15.0 Å². The molecular weight excluding hydrogens is 700 g/mol. The lowest BCUT2D eigenvalue weighted by molar-refractivity contribution is -0.137. The molecule has 51 heavy (non-hydrogen) atoms. The number of H-pyrrole nitrogens is 1. The first-order chi connectivity index (χ1) is 24.5. The fourth-order valence-electron chi connectivity index (χ4n) is 8.85. The van der Waals surface area contributed by atoms with Crippen LogP contribution in [-0.2, 0) is 20.6 Å². The highest BCUT2D eigenvalue weighted by Gasteiger charge is 2.69. The van der Waals surface area contributed by atoms with Gasteiger partial charge in [0.2, 0.25) is 11.8 Å². The molecule has 0 spiro atoms. The number of nitrogens with one attached hydrogen (secondary N) is 2. The number of benzene rings is 4. The van der Waals surface area contributed by atoms with Crippen LogP contribution in [-0.4, -0.2) is 34.6 Å². The number of hydrogen-bond acceptors (Lipinski definition) is 7. The number of carbonyl (C=O) groups is 3. The number of amides is 3. The van der Waals surface area contributed by atoms with Crippen molar-refractivity contribution in [2.24, 2.45) is 29.6 Å². The van der Waals surface area contributed by atoms with E-state index in [9.17, 15) is 32.3 Å². The van der Waals surface area contributed by atoms with Gasteiger partial charge in [0.05, 0.1) is 28.1 Å². The van der Waals surface area contributed by atoms with Gasteiger partial charge in [-0.05, 0) is 83.0 Å². The Morgan fingerprint density at radius 1 is 0.882 bits per heavy atom. The molecule has 258 valence electrons. The highest BCUT2D eigenvalue weighted by Crippen LogP contribution is 2.68. The molecule has 2 aliphatic carbocycles. The highest BCUT2D eigenvalue weighted by molar-refractivity contribution is 8.00. The monoisotopic (exact) mass is 727 g/mol. The molecule has 6 unspecified atom stereocenters. The molecule has 3 fully saturated rings. The van der Waals surface area contributed by atoms with Crippen molar-refractivity contribution in [3.05, 3.63) is 117 Å². The van der Waals surface area contributed by atoms with Crippen LogP contribution in [0, 0.1) is 29.6 Å². The minimum absolute atomic E-state index is 0.0641. The summed E-state index contributed by atoms with van der Waals surface area (Å²) < 4.78 is 46.4.